The largest absolute Gasteiger partial charge is 0.416 e. The van der Waals surface area contributed by atoms with Crippen molar-refractivity contribution in [3.05, 3.63) is 29.8 Å². The van der Waals surface area contributed by atoms with Crippen LogP contribution in [0.15, 0.2) is 24.3 Å². The molecule has 0 aromatic heterocycles. The highest BCUT2D eigenvalue weighted by Gasteiger charge is 2.51. The average molecular weight is 491 g/mol. The van der Waals surface area contributed by atoms with Crippen molar-refractivity contribution < 1.29 is 18.0 Å². The van der Waals surface area contributed by atoms with Gasteiger partial charge in [0.25, 0.3) is 0 Å². The number of alkyl halides is 3. The molecule has 4 N–H and O–H groups in total. The number of amides is 1. The molecule has 4 fully saturated rings. The van der Waals surface area contributed by atoms with Crippen LogP contribution in [0, 0.1) is 29.1 Å². The average Bonchev–Trinajstić information content (AvgIpc) is 3.62. The minimum absolute atomic E-state index is 0.0212. The molecule has 10 heteroatoms. The zero-order chi connectivity index (χ0) is 24.7. The lowest BCUT2D eigenvalue weighted by Crippen LogP contribution is -2.56. The highest BCUT2D eigenvalue weighted by atomic mass is 19.4. The maximum Gasteiger partial charge on any atom is 0.416 e. The van der Waals surface area contributed by atoms with Crippen LogP contribution in [0.5, 0.6) is 0 Å². The molecule has 3 unspecified atom stereocenters. The molecule has 2 saturated heterocycles. The number of benzene rings is 1. The lowest BCUT2D eigenvalue weighted by molar-refractivity contribution is -0.137. The number of fused-ring (bicyclic) bond motifs is 1. The molecule has 7 atom stereocenters. The third-order valence-corrected chi connectivity index (χ3v) is 8.16. The molecule has 5 rings (SSSR count). The van der Waals surface area contributed by atoms with Crippen molar-refractivity contribution in [2.75, 3.05) is 11.9 Å². The van der Waals surface area contributed by atoms with Gasteiger partial charge in [0.15, 0.2) is 0 Å². The lowest BCUT2D eigenvalue weighted by atomic mass is 9.80. The van der Waals surface area contributed by atoms with Crippen LogP contribution in [0.3, 0.4) is 0 Å². The topological polar surface area (TPSA) is 92.2 Å². The molecular weight excluding hydrogens is 457 g/mol. The van der Waals surface area contributed by atoms with Gasteiger partial charge in [-0.05, 0) is 75.6 Å². The number of rotatable bonds is 6. The number of nitriles is 1. The number of carbonyl (C=O) groups is 1. The van der Waals surface area contributed by atoms with Crippen molar-refractivity contribution >= 4 is 11.6 Å². The number of hydrogen-bond acceptors (Lipinski definition) is 6. The molecule has 2 aliphatic carbocycles. The molecule has 2 heterocycles. The second-order valence-electron chi connectivity index (χ2n) is 10.5. The van der Waals surface area contributed by atoms with Crippen LogP contribution in [-0.4, -0.2) is 47.8 Å². The second-order valence-corrected chi connectivity index (χ2v) is 10.5. The van der Waals surface area contributed by atoms with Gasteiger partial charge in [-0.2, -0.15) is 18.4 Å². The third-order valence-electron chi connectivity index (χ3n) is 8.16. The maximum absolute atomic E-state index is 12.9. The van der Waals surface area contributed by atoms with Crippen LogP contribution < -0.4 is 21.4 Å². The number of nitrogens with zero attached hydrogens (tertiary/aromatic N) is 2. The Balaban J connectivity index is 1.29. The van der Waals surface area contributed by atoms with Crippen LogP contribution in [0.4, 0.5) is 18.9 Å². The zero-order valence-corrected chi connectivity index (χ0v) is 19.8. The standard InChI is InChI=1S/C25H33F3N6O/c1-14(15-2-3-15)31-19-8-9-20(16(12-19)13-29)34-21-10-11-30-24(35)22(21)23(33-34)32-18-6-4-17(5-7-18)25(26,27)28/h4-7,14-16,19-23,31-33H,2-3,8-12H2,1H3,(H,30,35)/t14-,16+,19+,20-,21?,22?,23?/m0/s1. The number of hydrogen-bond donors (Lipinski definition) is 4. The summed E-state index contributed by atoms with van der Waals surface area (Å²) in [6.45, 7) is 2.80. The zero-order valence-electron chi connectivity index (χ0n) is 19.8. The van der Waals surface area contributed by atoms with Crippen LogP contribution in [0.2, 0.25) is 0 Å². The Morgan fingerprint density at radius 1 is 1.11 bits per heavy atom. The van der Waals surface area contributed by atoms with Gasteiger partial charge in [-0.15, -0.1) is 0 Å². The fourth-order valence-corrected chi connectivity index (χ4v) is 6.12. The van der Waals surface area contributed by atoms with Crippen molar-refractivity contribution in [1.82, 2.24) is 21.1 Å². The molecule has 1 aromatic rings. The van der Waals surface area contributed by atoms with E-state index in [1.165, 1.54) is 25.0 Å². The van der Waals surface area contributed by atoms with Gasteiger partial charge in [0, 0.05) is 36.4 Å². The number of halogens is 3. The maximum atomic E-state index is 12.9. The number of hydrazine groups is 1. The van der Waals surface area contributed by atoms with E-state index < -0.39 is 23.8 Å². The van der Waals surface area contributed by atoms with E-state index in [9.17, 15) is 23.2 Å². The van der Waals surface area contributed by atoms with E-state index in [4.69, 9.17) is 0 Å². The number of nitrogens with one attached hydrogen (secondary N) is 4. The van der Waals surface area contributed by atoms with Gasteiger partial charge in [-0.3, -0.25) is 4.79 Å². The van der Waals surface area contributed by atoms with E-state index in [1.807, 2.05) is 0 Å². The predicted molar refractivity (Wildman–Crippen MR) is 125 cm³/mol. The van der Waals surface area contributed by atoms with Gasteiger partial charge in [0.05, 0.1) is 23.5 Å². The fourth-order valence-electron chi connectivity index (χ4n) is 6.12. The molecule has 2 saturated carbocycles. The molecule has 0 spiro atoms. The first-order valence-electron chi connectivity index (χ1n) is 12.7. The van der Waals surface area contributed by atoms with Crippen molar-refractivity contribution in [3.63, 3.8) is 0 Å². The molecule has 0 bridgehead atoms. The highest BCUT2D eigenvalue weighted by Crippen LogP contribution is 2.38. The Bertz CT molecular complexity index is 959. The second kappa shape index (κ2) is 9.60. The number of anilines is 1. The quantitative estimate of drug-likeness (QED) is 0.490. The Labute approximate surface area is 203 Å². The SMILES string of the molecule is C[C@H](N[C@@H]1CC[C@H](N2NC(Nc3ccc(C(F)(F)F)cc3)C3C(=O)NCCC32)[C@@H](C#N)C1)C1CC1. The minimum atomic E-state index is -4.40. The molecule has 35 heavy (non-hydrogen) atoms. The third kappa shape index (κ3) is 5.13. The first-order valence-corrected chi connectivity index (χ1v) is 12.7. The first kappa shape index (κ1) is 24.3. The fraction of sp³-hybridized carbons (Fsp3) is 0.680. The van der Waals surface area contributed by atoms with Gasteiger partial charge < -0.3 is 16.0 Å². The molecule has 7 nitrogen and oxygen atoms in total. The molecule has 2 aliphatic heterocycles. The van der Waals surface area contributed by atoms with Gasteiger partial charge >= 0.3 is 6.18 Å². The van der Waals surface area contributed by atoms with Crippen molar-refractivity contribution in [3.8, 4) is 6.07 Å². The number of piperidine rings is 1. The molecule has 0 radical (unpaired) electrons. The van der Waals surface area contributed by atoms with Crippen molar-refractivity contribution in [2.45, 2.75) is 82.0 Å². The van der Waals surface area contributed by atoms with Gasteiger partial charge in [-0.1, -0.05) is 0 Å². The van der Waals surface area contributed by atoms with E-state index >= 15 is 0 Å². The monoisotopic (exact) mass is 490 g/mol. The van der Waals surface area contributed by atoms with Crippen LogP contribution in [0.1, 0.15) is 51.0 Å². The summed E-state index contributed by atoms with van der Waals surface area (Å²) in [4.78, 5) is 12.8. The molecule has 1 aromatic carbocycles. The van der Waals surface area contributed by atoms with Crippen LogP contribution in [0.25, 0.3) is 0 Å². The number of carbonyl (C=O) groups excluding carboxylic acids is 1. The Morgan fingerprint density at radius 3 is 2.51 bits per heavy atom. The van der Waals surface area contributed by atoms with E-state index in [1.54, 1.807) is 0 Å². The smallest absolute Gasteiger partial charge is 0.368 e. The normalized spacial score (nSPS) is 34.5. The Kier molecular flexibility index (Phi) is 6.68. The summed E-state index contributed by atoms with van der Waals surface area (Å²) in [6.07, 6.45) is 1.04. The Morgan fingerprint density at radius 2 is 1.86 bits per heavy atom. The van der Waals surface area contributed by atoms with E-state index in [-0.39, 0.29) is 23.9 Å². The molecule has 1 amide bonds. The minimum Gasteiger partial charge on any atom is -0.368 e. The first-order chi connectivity index (χ1) is 16.7. The van der Waals surface area contributed by atoms with Crippen molar-refractivity contribution in [2.24, 2.45) is 17.8 Å². The van der Waals surface area contributed by atoms with Crippen LogP contribution >= 0.6 is 0 Å². The van der Waals surface area contributed by atoms with Gasteiger partial charge in [0.1, 0.15) is 6.17 Å². The molecule has 4 aliphatic rings. The summed E-state index contributed by atoms with van der Waals surface area (Å²) in [7, 11) is 0. The van der Waals surface area contributed by atoms with E-state index in [0.717, 1.165) is 43.7 Å². The van der Waals surface area contributed by atoms with E-state index in [2.05, 4.69) is 39.4 Å². The van der Waals surface area contributed by atoms with Crippen molar-refractivity contribution in [1.29, 1.82) is 5.26 Å². The van der Waals surface area contributed by atoms with Gasteiger partial charge in [-0.25, -0.2) is 10.4 Å². The molecular formula is C25H33F3N6O. The predicted octanol–water partition coefficient (Wildman–Crippen LogP) is 3.22. The summed E-state index contributed by atoms with van der Waals surface area (Å²) < 4.78 is 38.8. The summed E-state index contributed by atoms with van der Waals surface area (Å²) in [5.41, 5.74) is 3.24. The van der Waals surface area contributed by atoms with Gasteiger partial charge in [0.2, 0.25) is 5.91 Å². The summed E-state index contributed by atoms with van der Waals surface area (Å²) in [5.74, 6) is 0.0987. The van der Waals surface area contributed by atoms with E-state index in [0.29, 0.717) is 24.3 Å². The lowest BCUT2D eigenvalue weighted by Gasteiger charge is -2.42. The highest BCUT2D eigenvalue weighted by molar-refractivity contribution is 5.82. The summed E-state index contributed by atoms with van der Waals surface area (Å²) in [6, 6.07) is 8.07. The summed E-state index contributed by atoms with van der Waals surface area (Å²) >= 11 is 0. The van der Waals surface area contributed by atoms with Crippen LogP contribution in [-0.2, 0) is 11.0 Å². The molecule has 190 valence electrons. The Hall–Kier alpha value is -2.35. The summed E-state index contributed by atoms with van der Waals surface area (Å²) in [5, 5.41) is 22.0.